The Morgan fingerprint density at radius 2 is 1.94 bits per heavy atom. The summed E-state index contributed by atoms with van der Waals surface area (Å²) in [6.45, 7) is 3.52. The van der Waals surface area contributed by atoms with E-state index in [4.69, 9.17) is 0 Å². The molecule has 1 saturated carbocycles. The third kappa shape index (κ3) is 1.11. The summed E-state index contributed by atoms with van der Waals surface area (Å²) in [5, 5.41) is 10.6. The molecule has 0 saturated heterocycles. The quantitative estimate of drug-likeness (QED) is 0.692. The van der Waals surface area contributed by atoms with Crippen LogP contribution in [0.4, 0.5) is 0 Å². The lowest BCUT2D eigenvalue weighted by molar-refractivity contribution is -0.133. The number of benzene rings is 1. The van der Waals surface area contributed by atoms with Crippen molar-refractivity contribution in [3.63, 3.8) is 0 Å². The molecule has 0 bridgehead atoms. The molecule has 1 aromatic carbocycles. The molecule has 1 fully saturated rings. The number of aliphatic hydroxyl groups is 1. The van der Waals surface area contributed by atoms with Crippen LogP contribution in [0.3, 0.4) is 0 Å². The average Bonchev–Trinajstić information content (AvgIpc) is 3.10. The van der Waals surface area contributed by atoms with Crippen molar-refractivity contribution >= 4 is 11.4 Å². The fourth-order valence-electron chi connectivity index (χ4n) is 3.17. The van der Waals surface area contributed by atoms with Gasteiger partial charge in [-0.05, 0) is 37.8 Å². The Hall–Kier alpha value is -1.41. The molecular weight excluding hydrogens is 212 g/mol. The zero-order chi connectivity index (χ0) is 12.3. The fourth-order valence-corrected chi connectivity index (χ4v) is 3.17. The van der Waals surface area contributed by atoms with Gasteiger partial charge in [0.05, 0.1) is 0 Å². The van der Waals surface area contributed by atoms with Crippen LogP contribution in [-0.2, 0) is 10.2 Å². The van der Waals surface area contributed by atoms with Crippen molar-refractivity contribution in [2.24, 2.45) is 0 Å². The Morgan fingerprint density at radius 3 is 2.53 bits per heavy atom. The van der Waals surface area contributed by atoms with Gasteiger partial charge in [0.15, 0.2) is 5.78 Å². The van der Waals surface area contributed by atoms with Crippen LogP contribution < -0.4 is 0 Å². The van der Waals surface area contributed by atoms with Crippen molar-refractivity contribution in [2.45, 2.75) is 37.7 Å². The number of ketones is 1. The predicted molar refractivity (Wildman–Crippen MR) is 66.6 cm³/mol. The third-order valence-corrected chi connectivity index (χ3v) is 4.39. The van der Waals surface area contributed by atoms with Gasteiger partial charge in [0.25, 0.3) is 0 Å². The van der Waals surface area contributed by atoms with Gasteiger partial charge in [-0.3, -0.25) is 4.79 Å². The third-order valence-electron chi connectivity index (χ3n) is 4.39. The van der Waals surface area contributed by atoms with E-state index in [-0.39, 0.29) is 11.2 Å². The topological polar surface area (TPSA) is 37.3 Å². The molecule has 1 spiro atoms. The number of allylic oxidation sites excluding steroid dienone is 1. The molecule has 1 unspecified atom stereocenters. The molecule has 0 aromatic heterocycles. The Balaban J connectivity index is 2.33. The largest absolute Gasteiger partial charge is 0.381 e. The standard InChI is InChI=1S/C15H16O2/c1-3-10-11-6-4-5-7-12(11)15(8-9-15)14(2,17)13(10)16/h3-7,17H,8-9H2,1-2H3/b10-3-. The van der Waals surface area contributed by atoms with Crippen LogP contribution in [0.25, 0.3) is 5.57 Å². The second-order valence-electron chi connectivity index (χ2n) is 5.23. The molecule has 1 N–H and O–H groups in total. The first-order valence-corrected chi connectivity index (χ1v) is 6.08. The van der Waals surface area contributed by atoms with Gasteiger partial charge in [-0.15, -0.1) is 0 Å². The van der Waals surface area contributed by atoms with Gasteiger partial charge >= 0.3 is 0 Å². The SMILES string of the molecule is C/C=C1\C(=O)C(C)(O)C2(CC2)c2ccccc21. The minimum absolute atomic E-state index is 0.129. The van der Waals surface area contributed by atoms with Crippen LogP contribution in [0.1, 0.15) is 37.8 Å². The molecule has 3 rings (SSSR count). The van der Waals surface area contributed by atoms with E-state index in [0.29, 0.717) is 5.57 Å². The molecule has 0 radical (unpaired) electrons. The van der Waals surface area contributed by atoms with E-state index in [2.05, 4.69) is 0 Å². The Labute approximate surface area is 101 Å². The highest BCUT2D eigenvalue weighted by Gasteiger charge is 2.64. The van der Waals surface area contributed by atoms with E-state index < -0.39 is 5.60 Å². The lowest BCUT2D eigenvalue weighted by Crippen LogP contribution is -2.50. The molecular formula is C15H16O2. The maximum Gasteiger partial charge on any atom is 0.195 e. The van der Waals surface area contributed by atoms with Crippen LogP contribution in [0.15, 0.2) is 30.3 Å². The van der Waals surface area contributed by atoms with E-state index in [1.807, 2.05) is 37.3 Å². The number of Topliss-reactive ketones (excluding diaryl/α,β-unsaturated/α-hetero) is 1. The van der Waals surface area contributed by atoms with Crippen LogP contribution >= 0.6 is 0 Å². The van der Waals surface area contributed by atoms with E-state index >= 15 is 0 Å². The molecule has 88 valence electrons. The summed E-state index contributed by atoms with van der Waals surface area (Å²) in [5.74, 6) is -0.129. The molecule has 0 heterocycles. The van der Waals surface area contributed by atoms with Crippen molar-refractivity contribution in [2.75, 3.05) is 0 Å². The molecule has 1 aromatic rings. The van der Waals surface area contributed by atoms with Gasteiger partial charge < -0.3 is 5.11 Å². The fraction of sp³-hybridized carbons (Fsp3) is 0.400. The van der Waals surface area contributed by atoms with E-state index in [9.17, 15) is 9.90 Å². The highest BCUT2D eigenvalue weighted by atomic mass is 16.3. The highest BCUT2D eigenvalue weighted by Crippen LogP contribution is 2.60. The van der Waals surface area contributed by atoms with Crippen LogP contribution in [0.2, 0.25) is 0 Å². The van der Waals surface area contributed by atoms with Crippen molar-refractivity contribution in [3.8, 4) is 0 Å². The molecule has 1 atom stereocenters. The Bertz CT molecular complexity index is 534. The summed E-state index contributed by atoms with van der Waals surface area (Å²) in [6, 6.07) is 7.97. The van der Waals surface area contributed by atoms with E-state index in [0.717, 1.165) is 24.0 Å². The van der Waals surface area contributed by atoms with Gasteiger partial charge in [-0.2, -0.15) is 0 Å². The first kappa shape index (κ1) is 10.7. The van der Waals surface area contributed by atoms with Gasteiger partial charge in [0, 0.05) is 11.0 Å². The minimum Gasteiger partial charge on any atom is -0.381 e. The predicted octanol–water partition coefficient (Wildman–Crippen LogP) is 2.46. The van der Waals surface area contributed by atoms with E-state index in [1.165, 1.54) is 0 Å². The van der Waals surface area contributed by atoms with Gasteiger partial charge in [-0.1, -0.05) is 30.3 Å². The smallest absolute Gasteiger partial charge is 0.195 e. The molecule has 2 heteroatoms. The van der Waals surface area contributed by atoms with Gasteiger partial charge in [0.2, 0.25) is 0 Å². The van der Waals surface area contributed by atoms with E-state index in [1.54, 1.807) is 6.92 Å². The zero-order valence-corrected chi connectivity index (χ0v) is 10.2. The van der Waals surface area contributed by atoms with Crippen LogP contribution in [-0.4, -0.2) is 16.5 Å². The molecule has 2 aliphatic rings. The van der Waals surface area contributed by atoms with Crippen molar-refractivity contribution < 1.29 is 9.90 Å². The lowest BCUT2D eigenvalue weighted by Gasteiger charge is -2.39. The summed E-state index contributed by atoms with van der Waals surface area (Å²) >= 11 is 0. The summed E-state index contributed by atoms with van der Waals surface area (Å²) < 4.78 is 0. The normalized spacial score (nSPS) is 31.7. The molecule has 0 aliphatic heterocycles. The van der Waals surface area contributed by atoms with Crippen LogP contribution in [0, 0.1) is 0 Å². The second-order valence-corrected chi connectivity index (χ2v) is 5.23. The first-order valence-electron chi connectivity index (χ1n) is 6.08. The number of fused-ring (bicyclic) bond motifs is 2. The summed E-state index contributed by atoms with van der Waals surface area (Å²) in [6.07, 6.45) is 3.62. The van der Waals surface area contributed by atoms with Gasteiger partial charge in [-0.25, -0.2) is 0 Å². The second kappa shape index (κ2) is 3.08. The summed E-state index contributed by atoms with van der Waals surface area (Å²) in [4.78, 5) is 12.4. The number of hydrogen-bond donors (Lipinski definition) is 1. The Kier molecular flexibility index (Phi) is 1.94. The van der Waals surface area contributed by atoms with Gasteiger partial charge in [0.1, 0.15) is 5.60 Å². The Morgan fingerprint density at radius 1 is 1.29 bits per heavy atom. The van der Waals surface area contributed by atoms with Crippen LogP contribution in [0.5, 0.6) is 0 Å². The molecule has 2 aliphatic carbocycles. The lowest BCUT2D eigenvalue weighted by atomic mass is 9.67. The van der Waals surface area contributed by atoms with Crippen molar-refractivity contribution in [1.29, 1.82) is 0 Å². The number of rotatable bonds is 0. The molecule has 2 nitrogen and oxygen atoms in total. The molecule has 0 amide bonds. The maximum atomic E-state index is 12.4. The highest BCUT2D eigenvalue weighted by molar-refractivity contribution is 6.27. The summed E-state index contributed by atoms with van der Waals surface area (Å²) in [7, 11) is 0. The number of carbonyl (C=O) groups excluding carboxylic acids is 1. The number of carbonyl (C=O) groups is 1. The number of hydrogen-bond acceptors (Lipinski definition) is 2. The van der Waals surface area contributed by atoms with Crippen molar-refractivity contribution in [3.05, 3.63) is 41.5 Å². The molecule has 17 heavy (non-hydrogen) atoms. The van der Waals surface area contributed by atoms with Crippen molar-refractivity contribution in [1.82, 2.24) is 0 Å². The summed E-state index contributed by atoms with van der Waals surface area (Å²) in [5.41, 5.74) is 1.22. The monoisotopic (exact) mass is 228 g/mol. The zero-order valence-electron chi connectivity index (χ0n) is 10.2. The first-order chi connectivity index (χ1) is 8.04. The average molecular weight is 228 g/mol. The maximum absolute atomic E-state index is 12.4. The minimum atomic E-state index is -1.25.